The minimum absolute atomic E-state index is 0.345. The van der Waals surface area contributed by atoms with Gasteiger partial charge in [-0.15, -0.1) is 0 Å². The van der Waals surface area contributed by atoms with Crippen LogP contribution in [-0.2, 0) is 4.74 Å². The fourth-order valence-electron chi connectivity index (χ4n) is 1.85. The zero-order valence-corrected chi connectivity index (χ0v) is 11.0. The molecule has 100 valence electrons. The Morgan fingerprint density at radius 2 is 1.90 bits per heavy atom. The van der Waals surface area contributed by atoms with Crippen LogP contribution >= 0.6 is 0 Å². The molecule has 20 heavy (non-hydrogen) atoms. The van der Waals surface area contributed by atoms with Gasteiger partial charge in [-0.25, -0.2) is 4.79 Å². The molecule has 0 radical (unpaired) electrons. The van der Waals surface area contributed by atoms with Crippen LogP contribution in [0.15, 0.2) is 53.6 Å². The quantitative estimate of drug-likeness (QED) is 0.354. The van der Waals surface area contributed by atoms with Crippen LogP contribution in [-0.4, -0.2) is 12.6 Å². The lowest BCUT2D eigenvalue weighted by Gasteiger charge is -2.06. The SMILES string of the molecule is CCOC(=O)c1ccc(-c2ccccc2N=[N+]=[N-])cc1. The van der Waals surface area contributed by atoms with E-state index in [2.05, 4.69) is 10.0 Å². The van der Waals surface area contributed by atoms with Crippen molar-refractivity contribution in [2.45, 2.75) is 6.92 Å². The smallest absolute Gasteiger partial charge is 0.338 e. The van der Waals surface area contributed by atoms with Gasteiger partial charge in [-0.2, -0.15) is 0 Å². The molecule has 5 nitrogen and oxygen atoms in total. The van der Waals surface area contributed by atoms with E-state index in [9.17, 15) is 4.79 Å². The second-order valence-corrected chi connectivity index (χ2v) is 4.00. The van der Waals surface area contributed by atoms with Crippen molar-refractivity contribution in [1.29, 1.82) is 0 Å². The molecule has 0 amide bonds. The predicted molar refractivity (Wildman–Crippen MR) is 76.6 cm³/mol. The summed E-state index contributed by atoms with van der Waals surface area (Å²) in [5.74, 6) is -0.345. The average Bonchev–Trinajstić information content (AvgIpc) is 2.49. The number of esters is 1. The zero-order chi connectivity index (χ0) is 14.4. The van der Waals surface area contributed by atoms with Crippen molar-refractivity contribution >= 4 is 11.7 Å². The highest BCUT2D eigenvalue weighted by molar-refractivity contribution is 5.90. The summed E-state index contributed by atoms with van der Waals surface area (Å²) < 4.78 is 4.93. The van der Waals surface area contributed by atoms with Crippen molar-refractivity contribution in [2.24, 2.45) is 5.11 Å². The van der Waals surface area contributed by atoms with Crippen LogP contribution in [0.25, 0.3) is 21.6 Å². The van der Waals surface area contributed by atoms with Crippen LogP contribution in [0, 0.1) is 0 Å². The molecule has 2 aromatic rings. The van der Waals surface area contributed by atoms with Gasteiger partial charge in [0, 0.05) is 10.6 Å². The van der Waals surface area contributed by atoms with Gasteiger partial charge < -0.3 is 4.74 Å². The van der Waals surface area contributed by atoms with E-state index in [1.165, 1.54) is 0 Å². The van der Waals surface area contributed by atoms with Crippen LogP contribution in [0.5, 0.6) is 0 Å². The highest BCUT2D eigenvalue weighted by Crippen LogP contribution is 2.30. The lowest BCUT2D eigenvalue weighted by atomic mass is 10.0. The van der Waals surface area contributed by atoms with Crippen molar-refractivity contribution in [3.05, 3.63) is 64.5 Å². The summed E-state index contributed by atoms with van der Waals surface area (Å²) in [6.07, 6.45) is 0. The maximum absolute atomic E-state index is 11.6. The Hall–Kier alpha value is -2.78. The van der Waals surface area contributed by atoms with E-state index in [0.717, 1.165) is 11.1 Å². The minimum atomic E-state index is -0.345. The van der Waals surface area contributed by atoms with Crippen LogP contribution in [0.4, 0.5) is 5.69 Å². The Labute approximate surface area is 116 Å². The van der Waals surface area contributed by atoms with Gasteiger partial charge in [-0.05, 0) is 35.7 Å². The van der Waals surface area contributed by atoms with E-state index < -0.39 is 0 Å². The van der Waals surface area contributed by atoms with Crippen molar-refractivity contribution in [3.8, 4) is 11.1 Å². The van der Waals surface area contributed by atoms with Crippen LogP contribution in [0.3, 0.4) is 0 Å². The molecule has 0 aromatic heterocycles. The fourth-order valence-corrected chi connectivity index (χ4v) is 1.85. The number of hydrogen-bond donors (Lipinski definition) is 0. The summed E-state index contributed by atoms with van der Waals surface area (Å²) in [6, 6.07) is 14.3. The van der Waals surface area contributed by atoms with Crippen molar-refractivity contribution in [2.75, 3.05) is 6.61 Å². The number of benzene rings is 2. The number of carbonyl (C=O) groups excluding carboxylic acids is 1. The van der Waals surface area contributed by atoms with Gasteiger partial charge in [0.2, 0.25) is 0 Å². The molecule has 0 saturated carbocycles. The van der Waals surface area contributed by atoms with Crippen molar-refractivity contribution in [1.82, 2.24) is 0 Å². The number of nitrogens with zero attached hydrogens (tertiary/aromatic N) is 3. The second kappa shape index (κ2) is 6.41. The maximum Gasteiger partial charge on any atom is 0.338 e. The van der Waals surface area contributed by atoms with Crippen LogP contribution in [0.2, 0.25) is 0 Å². The monoisotopic (exact) mass is 267 g/mol. The summed E-state index contributed by atoms with van der Waals surface area (Å²) in [7, 11) is 0. The number of azide groups is 1. The first-order valence-electron chi connectivity index (χ1n) is 6.18. The maximum atomic E-state index is 11.6. The molecular formula is C15H13N3O2. The first-order chi connectivity index (χ1) is 9.76. The van der Waals surface area contributed by atoms with E-state index in [1.807, 2.05) is 12.1 Å². The fraction of sp³-hybridized carbons (Fsp3) is 0.133. The standard InChI is InChI=1S/C15H13N3O2/c1-2-20-15(19)12-9-7-11(8-10-12)13-5-3-4-6-14(13)17-18-16/h3-10H,2H2,1H3. The van der Waals surface area contributed by atoms with Gasteiger partial charge in [0.25, 0.3) is 0 Å². The molecular weight excluding hydrogens is 254 g/mol. The highest BCUT2D eigenvalue weighted by atomic mass is 16.5. The molecule has 0 saturated heterocycles. The van der Waals surface area contributed by atoms with Gasteiger partial charge >= 0.3 is 5.97 Å². The highest BCUT2D eigenvalue weighted by Gasteiger charge is 2.07. The molecule has 2 rings (SSSR count). The van der Waals surface area contributed by atoms with Gasteiger partial charge in [0.1, 0.15) is 0 Å². The number of carbonyl (C=O) groups is 1. The number of rotatable bonds is 4. The van der Waals surface area contributed by atoms with Gasteiger partial charge in [-0.3, -0.25) is 0 Å². The first-order valence-corrected chi connectivity index (χ1v) is 6.18. The minimum Gasteiger partial charge on any atom is -0.462 e. The lowest BCUT2D eigenvalue weighted by Crippen LogP contribution is -2.03. The lowest BCUT2D eigenvalue weighted by molar-refractivity contribution is 0.0526. The summed E-state index contributed by atoms with van der Waals surface area (Å²) in [5.41, 5.74) is 11.3. The third-order valence-corrected chi connectivity index (χ3v) is 2.76. The van der Waals surface area contributed by atoms with E-state index in [0.29, 0.717) is 17.9 Å². The van der Waals surface area contributed by atoms with Crippen molar-refractivity contribution < 1.29 is 9.53 Å². The molecule has 0 atom stereocenters. The van der Waals surface area contributed by atoms with Crippen LogP contribution in [0.1, 0.15) is 17.3 Å². The largest absolute Gasteiger partial charge is 0.462 e. The normalized spacial score (nSPS) is 9.65. The van der Waals surface area contributed by atoms with Gasteiger partial charge in [0.15, 0.2) is 0 Å². The Morgan fingerprint density at radius 1 is 1.20 bits per heavy atom. The third-order valence-electron chi connectivity index (χ3n) is 2.76. The Balaban J connectivity index is 2.35. The molecule has 0 fully saturated rings. The molecule has 0 heterocycles. The molecule has 0 unspecified atom stereocenters. The predicted octanol–water partition coefficient (Wildman–Crippen LogP) is 4.47. The molecule has 0 spiro atoms. The van der Waals surface area contributed by atoms with E-state index in [4.69, 9.17) is 10.3 Å². The molecule has 0 N–H and O–H groups in total. The van der Waals surface area contributed by atoms with E-state index in [1.54, 1.807) is 43.3 Å². The van der Waals surface area contributed by atoms with Crippen molar-refractivity contribution in [3.63, 3.8) is 0 Å². The Kier molecular flexibility index (Phi) is 4.37. The van der Waals surface area contributed by atoms with Crippen LogP contribution < -0.4 is 0 Å². The number of hydrogen-bond acceptors (Lipinski definition) is 3. The molecule has 0 aliphatic heterocycles. The molecule has 2 aromatic carbocycles. The summed E-state index contributed by atoms with van der Waals surface area (Å²) >= 11 is 0. The topological polar surface area (TPSA) is 75.1 Å². The summed E-state index contributed by atoms with van der Waals surface area (Å²) in [5, 5.41) is 3.66. The Bertz CT molecular complexity index is 659. The Morgan fingerprint density at radius 3 is 2.55 bits per heavy atom. The van der Waals surface area contributed by atoms with Gasteiger partial charge in [-0.1, -0.05) is 41.5 Å². The molecule has 0 bridgehead atoms. The van der Waals surface area contributed by atoms with E-state index in [-0.39, 0.29) is 5.97 Å². The van der Waals surface area contributed by atoms with Gasteiger partial charge in [0.05, 0.1) is 12.2 Å². The number of ether oxygens (including phenoxy) is 1. The first kappa shape index (κ1) is 13.6. The molecule has 0 aliphatic carbocycles. The summed E-state index contributed by atoms with van der Waals surface area (Å²) in [6.45, 7) is 2.11. The zero-order valence-electron chi connectivity index (χ0n) is 11.0. The average molecular weight is 267 g/mol. The third kappa shape index (κ3) is 2.96. The van der Waals surface area contributed by atoms with E-state index >= 15 is 0 Å². The molecule has 5 heteroatoms. The second-order valence-electron chi connectivity index (χ2n) is 4.00. The molecule has 0 aliphatic rings. The summed E-state index contributed by atoms with van der Waals surface area (Å²) in [4.78, 5) is 14.4.